The highest BCUT2D eigenvalue weighted by atomic mass is 16.5. The molecular weight excluding hydrogens is 853 g/mol. The van der Waals surface area contributed by atoms with E-state index in [9.17, 15) is 24.0 Å². The van der Waals surface area contributed by atoms with E-state index in [0.717, 1.165) is 50.1 Å². The van der Waals surface area contributed by atoms with Crippen LogP contribution in [0.3, 0.4) is 0 Å². The molecule has 2 aromatic carbocycles. The Morgan fingerprint density at radius 2 is 1.81 bits per heavy atom. The number of carbonyl (C=O) groups is 5. The van der Waals surface area contributed by atoms with Crippen LogP contribution >= 0.6 is 0 Å². The molecule has 2 N–H and O–H groups in total. The lowest BCUT2D eigenvalue weighted by molar-refractivity contribution is -0.156. The number of pyridine rings is 1. The normalized spacial score (nSPS) is 22.9. The third kappa shape index (κ3) is 8.08. The predicted octanol–water partition coefficient (Wildman–Crippen LogP) is 5.68. The third-order valence-electron chi connectivity index (χ3n) is 14.1. The van der Waals surface area contributed by atoms with Crippen LogP contribution in [0.5, 0.6) is 0 Å². The minimum absolute atomic E-state index is 0.0693. The number of nitrogens with zero attached hydrogens (tertiary/aromatic N) is 6. The maximum atomic E-state index is 14.8. The van der Waals surface area contributed by atoms with Crippen molar-refractivity contribution >= 4 is 40.6 Å². The first kappa shape index (κ1) is 45.8. The molecule has 5 amide bonds. The summed E-state index contributed by atoms with van der Waals surface area (Å²) in [5.41, 5.74) is 10.3. The summed E-state index contributed by atoms with van der Waals surface area (Å²) in [5.74, 6) is -2.02. The summed E-state index contributed by atoms with van der Waals surface area (Å²) in [6.07, 6.45) is 3.68. The number of carbonyl (C=O) groups excluding carboxylic acids is 5. The number of ether oxygens (including phenoxy) is 3. The summed E-state index contributed by atoms with van der Waals surface area (Å²) < 4.78 is 20.9. The van der Waals surface area contributed by atoms with Gasteiger partial charge in [0.2, 0.25) is 5.91 Å². The number of likely N-dealkylation sites (tertiary alicyclic amines) is 1. The van der Waals surface area contributed by atoms with Gasteiger partial charge in [0.1, 0.15) is 36.2 Å². The topological polar surface area (TPSA) is 168 Å². The number of methoxy groups -OCH3 is 1. The van der Waals surface area contributed by atoms with E-state index in [-0.39, 0.29) is 50.4 Å². The quantitative estimate of drug-likeness (QED) is 0.182. The van der Waals surface area contributed by atoms with Gasteiger partial charge in [0.05, 0.1) is 37.6 Å². The van der Waals surface area contributed by atoms with Crippen molar-refractivity contribution < 1.29 is 38.2 Å². The van der Waals surface area contributed by atoms with Crippen LogP contribution in [0.4, 0.5) is 4.79 Å². The zero-order valence-electron chi connectivity index (χ0n) is 39.4. The zero-order valence-corrected chi connectivity index (χ0v) is 39.4. The summed E-state index contributed by atoms with van der Waals surface area (Å²) >= 11 is 0. The average molecular weight is 913 g/mol. The first-order chi connectivity index (χ1) is 32.1. The molecule has 3 saturated heterocycles. The average Bonchev–Trinajstić information content (AvgIpc) is 3.91. The molecule has 67 heavy (non-hydrogen) atoms. The lowest BCUT2D eigenvalue weighted by atomic mass is 9.67. The number of nitrogens with one attached hydrogen (secondary N) is 2. The summed E-state index contributed by atoms with van der Waals surface area (Å²) in [7, 11) is 3.24. The van der Waals surface area contributed by atoms with Gasteiger partial charge in [0.25, 0.3) is 11.8 Å². The Morgan fingerprint density at radius 1 is 1.04 bits per heavy atom. The summed E-state index contributed by atoms with van der Waals surface area (Å²) in [6, 6.07) is 16.2. The Hall–Kier alpha value is -6.36. The highest BCUT2D eigenvalue weighted by molar-refractivity contribution is 6.01. The standard InChI is InChI=1S/C51H60N8O8/c1-9-39(60)57-27-51(67-29-57)25-56(26-51)49(64)55(7)43(30(3)4)46(61)53-37-23-31-14-11-15-32(22-31)33-18-19-38-35(24-33)40-41(45(65-8)42-34(16-12-20-52-42)44(40)58(38)10-2)50(5,6)28-66-48(63)36-17-13-21-59(54-36)47(37)62/h9,11-12,14-16,18-20,22,24,36-37,41,45,54H,1,10,13,17,21,23,25-29H2,2-8H3,(H,53,61)/t36-,37-,41?,45-/m0/s1. The number of urea groups is 1. The van der Waals surface area contributed by atoms with E-state index < -0.39 is 53.0 Å². The van der Waals surface area contributed by atoms with Gasteiger partial charge in [-0.15, -0.1) is 0 Å². The van der Waals surface area contributed by atoms with Crippen LogP contribution in [-0.2, 0) is 46.4 Å². The number of benzene rings is 2. The molecule has 1 unspecified atom stereocenters. The van der Waals surface area contributed by atoms with Crippen molar-refractivity contribution in [3.05, 3.63) is 102 Å². The largest absolute Gasteiger partial charge is 0.464 e. The number of rotatable bonds is 6. The Balaban J connectivity index is 1.07. The van der Waals surface area contributed by atoms with Crippen LogP contribution in [0.25, 0.3) is 33.3 Å². The molecule has 16 heteroatoms. The van der Waals surface area contributed by atoms with Crippen molar-refractivity contribution in [2.75, 3.05) is 53.7 Å². The number of esters is 1. The molecule has 4 aromatic rings. The second-order valence-corrected chi connectivity index (χ2v) is 19.4. The number of aromatic nitrogens is 2. The predicted molar refractivity (Wildman–Crippen MR) is 251 cm³/mol. The number of hydrogen-bond acceptors (Lipinski definition) is 10. The highest BCUT2D eigenvalue weighted by Crippen LogP contribution is 2.57. The van der Waals surface area contributed by atoms with E-state index in [1.54, 1.807) is 37.0 Å². The molecule has 1 aliphatic carbocycles. The molecule has 16 nitrogen and oxygen atoms in total. The number of likely N-dealkylation sites (N-methyl/N-ethyl adjacent to an activating group) is 1. The van der Waals surface area contributed by atoms with Crippen LogP contribution in [-0.4, -0.2) is 130 Å². The van der Waals surface area contributed by atoms with E-state index >= 15 is 0 Å². The van der Waals surface area contributed by atoms with E-state index in [1.807, 2.05) is 24.3 Å². The first-order valence-corrected chi connectivity index (χ1v) is 23.1. The highest BCUT2D eigenvalue weighted by Gasteiger charge is 2.53. The number of amides is 5. The smallest absolute Gasteiger partial charge is 0.324 e. The number of hydrogen-bond donors (Lipinski definition) is 2. The van der Waals surface area contributed by atoms with Crippen LogP contribution in [0.15, 0.2) is 84.7 Å². The lowest BCUT2D eigenvalue weighted by Gasteiger charge is -2.47. The second kappa shape index (κ2) is 17.7. The SMILES string of the molecule is C=CC(=O)N1COC2(C1)CN(C(=O)N(C)C(C(=O)N[C@H]1Cc3cccc(c3)-c3ccc4c(c3)c3c(n4CC)-c4cccnc4[C@@H](OC)C3C(C)(C)COC(=O)[C@@H]3CCCN(N3)C1=O)=C(C)C)C2. The Morgan fingerprint density at radius 3 is 2.54 bits per heavy atom. The molecule has 3 fully saturated rings. The van der Waals surface area contributed by atoms with Gasteiger partial charge in [-0.1, -0.05) is 50.8 Å². The number of aryl methyl sites for hydroxylation is 1. The van der Waals surface area contributed by atoms with E-state index in [4.69, 9.17) is 19.2 Å². The lowest BCUT2D eigenvalue weighted by Crippen LogP contribution is -2.67. The summed E-state index contributed by atoms with van der Waals surface area (Å²) in [4.78, 5) is 78.8. The molecule has 4 aliphatic heterocycles. The molecular formula is C51H60N8O8. The molecule has 6 bridgehead atoms. The minimum Gasteiger partial charge on any atom is -0.464 e. The Bertz CT molecular complexity index is 2710. The fourth-order valence-corrected chi connectivity index (χ4v) is 10.9. The summed E-state index contributed by atoms with van der Waals surface area (Å²) in [6.45, 7) is 15.4. The molecule has 0 saturated carbocycles. The Labute approximate surface area is 390 Å². The van der Waals surface area contributed by atoms with Gasteiger partial charge in [-0.25, -0.2) is 10.2 Å². The Kier molecular flexibility index (Phi) is 12.1. The molecule has 2 aromatic heterocycles. The van der Waals surface area contributed by atoms with Crippen LogP contribution in [0.1, 0.15) is 76.3 Å². The minimum atomic E-state index is -1.10. The van der Waals surface area contributed by atoms with Gasteiger partial charge in [-0.3, -0.25) is 34.1 Å². The molecule has 352 valence electrons. The van der Waals surface area contributed by atoms with Crippen LogP contribution < -0.4 is 10.7 Å². The van der Waals surface area contributed by atoms with Crippen molar-refractivity contribution in [3.63, 3.8) is 0 Å². The van der Waals surface area contributed by atoms with Crippen LogP contribution in [0.2, 0.25) is 0 Å². The number of fused-ring (bicyclic) bond motifs is 8. The third-order valence-corrected chi connectivity index (χ3v) is 14.1. The molecule has 6 heterocycles. The van der Waals surface area contributed by atoms with Crippen molar-refractivity contribution in [1.29, 1.82) is 0 Å². The second-order valence-electron chi connectivity index (χ2n) is 19.4. The van der Waals surface area contributed by atoms with Gasteiger partial charge in [-0.2, -0.15) is 0 Å². The molecule has 0 radical (unpaired) electrons. The van der Waals surface area contributed by atoms with E-state index in [0.29, 0.717) is 38.0 Å². The van der Waals surface area contributed by atoms with E-state index in [2.05, 4.69) is 73.0 Å². The van der Waals surface area contributed by atoms with Crippen molar-refractivity contribution in [2.24, 2.45) is 5.41 Å². The van der Waals surface area contributed by atoms with Crippen molar-refractivity contribution in [2.45, 2.75) is 90.1 Å². The first-order valence-electron chi connectivity index (χ1n) is 23.1. The maximum absolute atomic E-state index is 14.8. The van der Waals surface area contributed by atoms with Gasteiger partial charge < -0.3 is 33.9 Å². The molecule has 4 atom stereocenters. The van der Waals surface area contributed by atoms with Gasteiger partial charge in [0.15, 0.2) is 0 Å². The fraction of sp³-hybridized carbons (Fsp3) is 0.451. The molecule has 5 aliphatic rings. The summed E-state index contributed by atoms with van der Waals surface area (Å²) in [5, 5.41) is 5.49. The maximum Gasteiger partial charge on any atom is 0.324 e. The van der Waals surface area contributed by atoms with Gasteiger partial charge in [-0.05, 0) is 91.8 Å². The fourth-order valence-electron chi connectivity index (χ4n) is 10.9. The van der Waals surface area contributed by atoms with Gasteiger partial charge in [0, 0.05) is 67.7 Å². The monoisotopic (exact) mass is 912 g/mol. The van der Waals surface area contributed by atoms with Crippen molar-refractivity contribution in [1.82, 2.24) is 40.0 Å². The van der Waals surface area contributed by atoms with Crippen molar-refractivity contribution in [3.8, 4) is 22.4 Å². The number of hydrazine groups is 1. The van der Waals surface area contributed by atoms with Gasteiger partial charge >= 0.3 is 12.0 Å². The number of cyclic esters (lactones) is 1. The van der Waals surface area contributed by atoms with E-state index in [1.165, 1.54) is 23.0 Å². The molecule has 1 spiro atoms. The zero-order chi connectivity index (χ0) is 47.5. The number of allylic oxidation sites excluding steroid dienone is 1. The molecule has 9 rings (SSSR count). The van der Waals surface area contributed by atoms with Crippen LogP contribution in [0, 0.1) is 5.41 Å².